The Bertz CT molecular complexity index is 765. The van der Waals surface area contributed by atoms with Crippen LogP contribution in [0.25, 0.3) is 0 Å². The summed E-state index contributed by atoms with van der Waals surface area (Å²) in [6, 6.07) is 7.58. The van der Waals surface area contributed by atoms with Crippen molar-refractivity contribution in [2.24, 2.45) is 0 Å². The Balaban J connectivity index is 1.76. The minimum absolute atomic E-state index is 0.00689. The number of carbonyl (C=O) groups excluding carboxylic acids is 1. The highest BCUT2D eigenvalue weighted by Crippen LogP contribution is 2.15. The van der Waals surface area contributed by atoms with Crippen molar-refractivity contribution >= 4 is 11.6 Å². The Kier molecular flexibility index (Phi) is 4.04. The van der Waals surface area contributed by atoms with Gasteiger partial charge in [-0.1, -0.05) is 12.1 Å². The van der Waals surface area contributed by atoms with Crippen molar-refractivity contribution in [3.63, 3.8) is 0 Å². The number of hydrogen-bond acceptors (Lipinski definition) is 3. The standard InChI is InChI=1S/C17H19N3O2/c1-12-5-4-6-13(9-12)19-16(21)10-20-11-18-15-8-3-2-7-14(15)17(20)22/h4-6,9,11H,2-3,7-8,10H2,1H3,(H,19,21). The molecule has 0 fully saturated rings. The molecule has 0 unspecified atom stereocenters. The molecule has 0 spiro atoms. The molecule has 22 heavy (non-hydrogen) atoms. The predicted octanol–water partition coefficient (Wildman–Crippen LogP) is 2.07. The number of hydrogen-bond donors (Lipinski definition) is 1. The third kappa shape index (κ3) is 3.08. The first-order chi connectivity index (χ1) is 10.6. The molecule has 1 aromatic heterocycles. The normalized spacial score (nSPS) is 13.5. The van der Waals surface area contributed by atoms with Gasteiger partial charge in [0.05, 0.1) is 12.0 Å². The van der Waals surface area contributed by atoms with Crippen LogP contribution in [0.3, 0.4) is 0 Å². The molecule has 0 aliphatic heterocycles. The van der Waals surface area contributed by atoms with Crippen LogP contribution in [0.15, 0.2) is 35.4 Å². The minimum Gasteiger partial charge on any atom is -0.325 e. The van der Waals surface area contributed by atoms with E-state index in [1.807, 2.05) is 31.2 Å². The Morgan fingerprint density at radius 2 is 2.14 bits per heavy atom. The summed E-state index contributed by atoms with van der Waals surface area (Å²) in [6.07, 6.45) is 5.21. The zero-order valence-electron chi connectivity index (χ0n) is 12.6. The van der Waals surface area contributed by atoms with Crippen LogP contribution in [0.1, 0.15) is 29.7 Å². The number of anilines is 1. The molecule has 2 aromatic rings. The Labute approximate surface area is 129 Å². The van der Waals surface area contributed by atoms with E-state index in [2.05, 4.69) is 10.3 Å². The summed E-state index contributed by atoms with van der Waals surface area (Å²) in [5.41, 5.74) is 3.40. The van der Waals surface area contributed by atoms with E-state index in [-0.39, 0.29) is 18.0 Å². The molecule has 0 saturated heterocycles. The van der Waals surface area contributed by atoms with E-state index in [1.54, 1.807) is 0 Å². The number of fused-ring (bicyclic) bond motifs is 1. The molecule has 1 heterocycles. The van der Waals surface area contributed by atoms with Gasteiger partial charge in [0.15, 0.2) is 0 Å². The zero-order chi connectivity index (χ0) is 15.5. The number of aryl methyl sites for hydroxylation is 2. The van der Waals surface area contributed by atoms with Crippen LogP contribution >= 0.6 is 0 Å². The molecule has 1 aliphatic rings. The molecular weight excluding hydrogens is 278 g/mol. The topological polar surface area (TPSA) is 64.0 Å². The lowest BCUT2D eigenvalue weighted by molar-refractivity contribution is -0.116. The van der Waals surface area contributed by atoms with Crippen molar-refractivity contribution in [3.8, 4) is 0 Å². The monoisotopic (exact) mass is 297 g/mol. The SMILES string of the molecule is Cc1cccc(NC(=O)Cn2cnc3c(c2=O)CCCC3)c1. The van der Waals surface area contributed by atoms with Crippen LogP contribution in [0.5, 0.6) is 0 Å². The minimum atomic E-state index is -0.217. The van der Waals surface area contributed by atoms with Gasteiger partial charge in [-0.25, -0.2) is 4.98 Å². The van der Waals surface area contributed by atoms with Crippen LogP contribution in [0, 0.1) is 6.92 Å². The van der Waals surface area contributed by atoms with Gasteiger partial charge in [0.2, 0.25) is 5.91 Å². The molecule has 0 atom stereocenters. The number of amides is 1. The summed E-state index contributed by atoms with van der Waals surface area (Å²) in [7, 11) is 0. The molecule has 114 valence electrons. The molecule has 1 aliphatic carbocycles. The summed E-state index contributed by atoms with van der Waals surface area (Å²) >= 11 is 0. The third-order valence-electron chi connectivity index (χ3n) is 3.93. The number of benzene rings is 1. The number of aromatic nitrogens is 2. The lowest BCUT2D eigenvalue weighted by Crippen LogP contribution is -2.32. The molecule has 0 bridgehead atoms. The highest BCUT2D eigenvalue weighted by atomic mass is 16.2. The van der Waals surface area contributed by atoms with Gasteiger partial charge in [-0.05, 0) is 50.3 Å². The average Bonchev–Trinajstić information content (AvgIpc) is 2.50. The molecule has 0 radical (unpaired) electrons. The second-order valence-electron chi connectivity index (χ2n) is 5.73. The van der Waals surface area contributed by atoms with Crippen molar-refractivity contribution in [1.82, 2.24) is 9.55 Å². The summed E-state index contributed by atoms with van der Waals surface area (Å²) in [5.74, 6) is -0.217. The summed E-state index contributed by atoms with van der Waals surface area (Å²) in [5, 5.41) is 2.81. The molecule has 5 heteroatoms. The molecule has 0 saturated carbocycles. The largest absolute Gasteiger partial charge is 0.325 e. The predicted molar refractivity (Wildman–Crippen MR) is 84.9 cm³/mol. The van der Waals surface area contributed by atoms with Crippen molar-refractivity contribution in [2.75, 3.05) is 5.32 Å². The van der Waals surface area contributed by atoms with E-state index in [0.717, 1.165) is 48.2 Å². The summed E-state index contributed by atoms with van der Waals surface area (Å²) < 4.78 is 1.40. The van der Waals surface area contributed by atoms with Gasteiger partial charge < -0.3 is 5.32 Å². The van der Waals surface area contributed by atoms with E-state index in [4.69, 9.17) is 0 Å². The van der Waals surface area contributed by atoms with Gasteiger partial charge in [-0.2, -0.15) is 0 Å². The lowest BCUT2D eigenvalue weighted by atomic mass is 9.97. The van der Waals surface area contributed by atoms with Gasteiger partial charge in [-0.15, -0.1) is 0 Å². The van der Waals surface area contributed by atoms with E-state index >= 15 is 0 Å². The van der Waals surface area contributed by atoms with Gasteiger partial charge in [-0.3, -0.25) is 14.2 Å². The number of rotatable bonds is 3. The first kappa shape index (κ1) is 14.5. The van der Waals surface area contributed by atoms with E-state index < -0.39 is 0 Å². The molecular formula is C17H19N3O2. The van der Waals surface area contributed by atoms with E-state index in [1.165, 1.54) is 10.9 Å². The van der Waals surface area contributed by atoms with Crippen LogP contribution in [-0.2, 0) is 24.2 Å². The highest BCUT2D eigenvalue weighted by molar-refractivity contribution is 5.90. The smallest absolute Gasteiger partial charge is 0.257 e. The molecule has 5 nitrogen and oxygen atoms in total. The molecule has 3 rings (SSSR count). The fourth-order valence-corrected chi connectivity index (χ4v) is 2.82. The second-order valence-corrected chi connectivity index (χ2v) is 5.73. The fraction of sp³-hybridized carbons (Fsp3) is 0.353. The zero-order valence-corrected chi connectivity index (χ0v) is 12.6. The van der Waals surface area contributed by atoms with Gasteiger partial charge in [0.25, 0.3) is 5.56 Å². The average molecular weight is 297 g/mol. The fourth-order valence-electron chi connectivity index (χ4n) is 2.82. The van der Waals surface area contributed by atoms with Crippen molar-refractivity contribution in [3.05, 3.63) is 57.8 Å². The molecule has 1 aromatic carbocycles. The number of nitrogens with one attached hydrogen (secondary N) is 1. The summed E-state index contributed by atoms with van der Waals surface area (Å²) in [6.45, 7) is 1.96. The van der Waals surface area contributed by atoms with Crippen molar-refractivity contribution < 1.29 is 4.79 Å². The van der Waals surface area contributed by atoms with Gasteiger partial charge in [0.1, 0.15) is 6.54 Å². The Morgan fingerprint density at radius 3 is 2.95 bits per heavy atom. The van der Waals surface area contributed by atoms with Crippen LogP contribution in [0.4, 0.5) is 5.69 Å². The maximum Gasteiger partial charge on any atom is 0.257 e. The van der Waals surface area contributed by atoms with Gasteiger partial charge in [0, 0.05) is 11.3 Å². The Hall–Kier alpha value is -2.43. The van der Waals surface area contributed by atoms with Crippen molar-refractivity contribution in [2.45, 2.75) is 39.2 Å². The van der Waals surface area contributed by atoms with E-state index in [0.29, 0.717) is 0 Å². The highest BCUT2D eigenvalue weighted by Gasteiger charge is 2.16. The number of nitrogens with zero attached hydrogens (tertiary/aromatic N) is 2. The maximum absolute atomic E-state index is 12.4. The van der Waals surface area contributed by atoms with E-state index in [9.17, 15) is 9.59 Å². The van der Waals surface area contributed by atoms with Crippen molar-refractivity contribution in [1.29, 1.82) is 0 Å². The first-order valence-corrected chi connectivity index (χ1v) is 7.57. The lowest BCUT2D eigenvalue weighted by Gasteiger charge is -2.15. The molecule has 1 N–H and O–H groups in total. The summed E-state index contributed by atoms with van der Waals surface area (Å²) in [4.78, 5) is 28.9. The maximum atomic E-state index is 12.4. The third-order valence-corrected chi connectivity index (χ3v) is 3.93. The number of carbonyl (C=O) groups is 1. The first-order valence-electron chi connectivity index (χ1n) is 7.57. The molecule has 1 amide bonds. The van der Waals surface area contributed by atoms with Gasteiger partial charge >= 0.3 is 0 Å². The van der Waals surface area contributed by atoms with Crippen LogP contribution in [-0.4, -0.2) is 15.5 Å². The second kappa shape index (κ2) is 6.13. The van der Waals surface area contributed by atoms with Crippen LogP contribution in [0.2, 0.25) is 0 Å². The quantitative estimate of drug-likeness (QED) is 0.943. The van der Waals surface area contributed by atoms with Crippen LogP contribution < -0.4 is 10.9 Å². The Morgan fingerprint density at radius 1 is 1.32 bits per heavy atom.